The molecule has 1 rings (SSSR count). The molecule has 0 saturated carbocycles. The number of nitrogens with zero attached hydrogens (tertiary/aromatic N) is 2. The summed E-state index contributed by atoms with van der Waals surface area (Å²) in [5.41, 5.74) is 0.994. The molecule has 0 bridgehead atoms. The molecule has 1 amide bonds. The smallest absolute Gasteiger partial charge is 0.255 e. The molecule has 1 unspecified atom stereocenters. The Kier molecular flexibility index (Phi) is 3.62. The number of nitriles is 1. The molecule has 0 fully saturated rings. The molecule has 1 aromatic rings. The lowest BCUT2D eigenvalue weighted by Gasteiger charge is -2.20. The molecule has 4 heteroatoms. The summed E-state index contributed by atoms with van der Waals surface area (Å²) in [6.45, 7) is 3.35. The average Bonchev–Trinajstić information content (AvgIpc) is 2.29. The zero-order valence-electron chi connectivity index (χ0n) is 9.49. The quantitative estimate of drug-likeness (QED) is 0.766. The van der Waals surface area contributed by atoms with Crippen LogP contribution in [0.2, 0.25) is 0 Å². The van der Waals surface area contributed by atoms with Crippen LogP contribution in [-0.4, -0.2) is 23.9 Å². The van der Waals surface area contributed by atoms with Crippen molar-refractivity contribution < 1.29 is 9.18 Å². The molecule has 0 heterocycles. The number of carbonyl (C=O) groups excluding carboxylic acids is 1. The van der Waals surface area contributed by atoms with Crippen LogP contribution in [0.25, 0.3) is 0 Å². The van der Waals surface area contributed by atoms with Crippen LogP contribution in [0.4, 0.5) is 4.39 Å². The lowest BCUT2D eigenvalue weighted by atomic mass is 10.1. The van der Waals surface area contributed by atoms with Gasteiger partial charge in [0.25, 0.3) is 5.91 Å². The first-order valence-electron chi connectivity index (χ1n) is 4.90. The molecule has 1 atom stereocenters. The van der Waals surface area contributed by atoms with E-state index >= 15 is 0 Å². The molecule has 0 N–H and O–H groups in total. The zero-order chi connectivity index (χ0) is 12.3. The fourth-order valence-corrected chi connectivity index (χ4v) is 1.28. The number of halogens is 1. The summed E-state index contributed by atoms with van der Waals surface area (Å²) in [6, 6.07) is 5.48. The maximum Gasteiger partial charge on any atom is 0.255 e. The molecule has 1 aromatic carbocycles. The first kappa shape index (κ1) is 12.2. The first-order chi connectivity index (χ1) is 7.47. The summed E-state index contributed by atoms with van der Waals surface area (Å²) in [7, 11) is 1.53. The first-order valence-corrected chi connectivity index (χ1v) is 4.90. The highest BCUT2D eigenvalue weighted by atomic mass is 19.1. The van der Waals surface area contributed by atoms with E-state index in [9.17, 15) is 9.18 Å². The Morgan fingerprint density at radius 2 is 2.19 bits per heavy atom. The number of hydrogen-bond donors (Lipinski definition) is 0. The second kappa shape index (κ2) is 4.75. The Morgan fingerprint density at radius 3 is 2.75 bits per heavy atom. The topological polar surface area (TPSA) is 44.1 Å². The van der Waals surface area contributed by atoms with Crippen molar-refractivity contribution in [3.05, 3.63) is 35.1 Å². The fraction of sp³-hybridized carbons (Fsp3) is 0.333. The average molecular weight is 220 g/mol. The van der Waals surface area contributed by atoms with Crippen LogP contribution in [0.1, 0.15) is 22.8 Å². The van der Waals surface area contributed by atoms with Gasteiger partial charge in [-0.15, -0.1) is 0 Å². The molecule has 16 heavy (non-hydrogen) atoms. The SMILES string of the molecule is Cc1ccc(F)cc1C(=O)N(C)C(C)C#N. The van der Waals surface area contributed by atoms with E-state index in [1.165, 1.54) is 24.1 Å². The third-order valence-electron chi connectivity index (χ3n) is 2.52. The predicted octanol–water partition coefficient (Wildman–Crippen LogP) is 2.12. The highest BCUT2D eigenvalue weighted by Crippen LogP contribution is 2.13. The van der Waals surface area contributed by atoms with Crippen LogP contribution >= 0.6 is 0 Å². The molecular weight excluding hydrogens is 207 g/mol. The Morgan fingerprint density at radius 1 is 1.56 bits per heavy atom. The highest BCUT2D eigenvalue weighted by molar-refractivity contribution is 5.95. The second-order valence-electron chi connectivity index (χ2n) is 3.68. The van der Waals surface area contributed by atoms with E-state index in [-0.39, 0.29) is 5.91 Å². The Balaban J connectivity index is 3.06. The van der Waals surface area contributed by atoms with Crippen LogP contribution in [0.3, 0.4) is 0 Å². The Labute approximate surface area is 94.1 Å². The van der Waals surface area contributed by atoms with Gasteiger partial charge in [0.05, 0.1) is 6.07 Å². The minimum absolute atomic E-state index is 0.296. The summed E-state index contributed by atoms with van der Waals surface area (Å²) >= 11 is 0. The van der Waals surface area contributed by atoms with Gasteiger partial charge in [0.15, 0.2) is 0 Å². The zero-order valence-corrected chi connectivity index (χ0v) is 9.49. The van der Waals surface area contributed by atoms with E-state index in [4.69, 9.17) is 5.26 Å². The van der Waals surface area contributed by atoms with Gasteiger partial charge >= 0.3 is 0 Å². The largest absolute Gasteiger partial charge is 0.326 e. The van der Waals surface area contributed by atoms with Gasteiger partial charge in [-0.2, -0.15) is 5.26 Å². The second-order valence-corrected chi connectivity index (χ2v) is 3.68. The minimum atomic E-state index is -0.532. The van der Waals surface area contributed by atoms with Gasteiger partial charge in [0, 0.05) is 12.6 Å². The number of hydrogen-bond acceptors (Lipinski definition) is 2. The van der Waals surface area contributed by atoms with E-state index in [0.717, 1.165) is 0 Å². The minimum Gasteiger partial charge on any atom is -0.326 e. The van der Waals surface area contributed by atoms with Crippen molar-refractivity contribution in [1.29, 1.82) is 5.26 Å². The lowest BCUT2D eigenvalue weighted by Crippen LogP contribution is -2.34. The van der Waals surface area contributed by atoms with E-state index < -0.39 is 11.9 Å². The molecular formula is C12H13FN2O. The van der Waals surface area contributed by atoms with E-state index in [1.54, 1.807) is 19.9 Å². The predicted molar refractivity (Wildman–Crippen MR) is 58.3 cm³/mol. The van der Waals surface area contributed by atoms with Gasteiger partial charge in [0.2, 0.25) is 0 Å². The molecule has 0 aliphatic carbocycles. The van der Waals surface area contributed by atoms with Crippen LogP contribution in [-0.2, 0) is 0 Å². The molecule has 3 nitrogen and oxygen atoms in total. The third-order valence-corrected chi connectivity index (χ3v) is 2.52. The van der Waals surface area contributed by atoms with Crippen molar-refractivity contribution in [2.75, 3.05) is 7.05 Å². The molecule has 0 aliphatic rings. The maximum atomic E-state index is 13.0. The maximum absolute atomic E-state index is 13.0. The molecule has 0 aliphatic heterocycles. The summed E-state index contributed by atoms with van der Waals surface area (Å²) in [6.07, 6.45) is 0. The standard InChI is InChI=1S/C12H13FN2O/c1-8-4-5-10(13)6-11(8)12(16)15(3)9(2)7-14/h4-6,9H,1-3H3. The summed E-state index contributed by atoms with van der Waals surface area (Å²) in [4.78, 5) is 13.2. The molecule has 0 saturated heterocycles. The van der Waals surface area contributed by atoms with Crippen LogP contribution < -0.4 is 0 Å². The number of carbonyl (C=O) groups is 1. The van der Waals surface area contributed by atoms with E-state index in [1.807, 2.05) is 6.07 Å². The fourth-order valence-electron chi connectivity index (χ4n) is 1.28. The van der Waals surface area contributed by atoms with Gasteiger partial charge in [-0.25, -0.2) is 4.39 Å². The Hall–Kier alpha value is -1.89. The molecule has 0 aromatic heterocycles. The van der Waals surface area contributed by atoms with Gasteiger partial charge < -0.3 is 4.90 Å². The van der Waals surface area contributed by atoms with Crippen LogP contribution in [0.15, 0.2) is 18.2 Å². The van der Waals surface area contributed by atoms with Crippen molar-refractivity contribution in [3.8, 4) is 6.07 Å². The van der Waals surface area contributed by atoms with E-state index in [0.29, 0.717) is 11.1 Å². The number of benzene rings is 1. The monoisotopic (exact) mass is 220 g/mol. The van der Waals surface area contributed by atoms with Gasteiger partial charge in [0.1, 0.15) is 11.9 Å². The summed E-state index contributed by atoms with van der Waals surface area (Å²) < 4.78 is 13.0. The molecule has 0 spiro atoms. The molecule has 0 radical (unpaired) electrons. The number of amides is 1. The van der Waals surface area contributed by atoms with Crippen molar-refractivity contribution in [3.63, 3.8) is 0 Å². The third kappa shape index (κ3) is 2.37. The van der Waals surface area contributed by atoms with Gasteiger partial charge in [-0.05, 0) is 31.5 Å². The number of aryl methyl sites for hydroxylation is 1. The molecule has 84 valence electrons. The van der Waals surface area contributed by atoms with Crippen LogP contribution in [0.5, 0.6) is 0 Å². The van der Waals surface area contributed by atoms with Gasteiger partial charge in [-0.1, -0.05) is 6.07 Å². The van der Waals surface area contributed by atoms with Crippen molar-refractivity contribution in [2.45, 2.75) is 19.9 Å². The van der Waals surface area contributed by atoms with Crippen molar-refractivity contribution in [2.24, 2.45) is 0 Å². The normalized spacial score (nSPS) is 11.7. The summed E-state index contributed by atoms with van der Waals surface area (Å²) in [5.74, 6) is -0.794. The highest BCUT2D eigenvalue weighted by Gasteiger charge is 2.18. The Bertz CT molecular complexity index is 451. The lowest BCUT2D eigenvalue weighted by molar-refractivity contribution is 0.0772. The van der Waals surface area contributed by atoms with Crippen LogP contribution in [0, 0.1) is 24.1 Å². The number of rotatable bonds is 2. The van der Waals surface area contributed by atoms with Crippen molar-refractivity contribution in [1.82, 2.24) is 4.90 Å². The van der Waals surface area contributed by atoms with Crippen molar-refractivity contribution >= 4 is 5.91 Å². The van der Waals surface area contributed by atoms with Gasteiger partial charge in [-0.3, -0.25) is 4.79 Å². The van der Waals surface area contributed by atoms with E-state index in [2.05, 4.69) is 0 Å². The summed E-state index contributed by atoms with van der Waals surface area (Å²) in [5, 5.41) is 8.71.